The molecule has 0 radical (unpaired) electrons. The third-order valence-corrected chi connectivity index (χ3v) is 4.53. The summed E-state index contributed by atoms with van der Waals surface area (Å²) < 4.78 is 5.35. The third kappa shape index (κ3) is 2.10. The first kappa shape index (κ1) is 9.82. The number of nitrogens with one attached hydrogen (secondary N) is 1. The van der Waals surface area contributed by atoms with Crippen molar-refractivity contribution in [3.8, 4) is 0 Å². The molecule has 3 heteroatoms. The van der Waals surface area contributed by atoms with Gasteiger partial charge in [-0.05, 0) is 37.3 Å². The molecule has 1 saturated heterocycles. The quantitative estimate of drug-likeness (QED) is 0.847. The maximum absolute atomic E-state index is 5.35. The molecule has 2 nitrogen and oxygen atoms in total. The molecule has 0 spiro atoms. The van der Waals surface area contributed by atoms with Gasteiger partial charge in [-0.3, -0.25) is 0 Å². The van der Waals surface area contributed by atoms with E-state index in [9.17, 15) is 0 Å². The molecule has 1 aromatic rings. The summed E-state index contributed by atoms with van der Waals surface area (Å²) in [5.41, 5.74) is 1.61. The molecule has 1 unspecified atom stereocenters. The molecule has 1 atom stereocenters. The molecule has 1 N–H and O–H groups in total. The third-order valence-electron chi connectivity index (χ3n) is 3.29. The largest absolute Gasteiger partial charge is 0.380 e. The number of hydrogen-bond acceptors (Lipinski definition) is 3. The Hall–Kier alpha value is -0.380. The van der Waals surface area contributed by atoms with Crippen molar-refractivity contribution in [1.82, 2.24) is 5.32 Å². The van der Waals surface area contributed by atoms with Crippen molar-refractivity contribution in [3.63, 3.8) is 0 Å². The fourth-order valence-corrected chi connectivity index (χ4v) is 3.63. The summed E-state index contributed by atoms with van der Waals surface area (Å²) in [6, 6.07) is 2.98. The van der Waals surface area contributed by atoms with Gasteiger partial charge >= 0.3 is 0 Å². The van der Waals surface area contributed by atoms with Crippen LogP contribution in [0.3, 0.4) is 0 Å². The highest BCUT2D eigenvalue weighted by molar-refractivity contribution is 7.12. The Morgan fingerprint density at radius 1 is 1.47 bits per heavy atom. The fourth-order valence-electron chi connectivity index (χ4n) is 2.42. The Morgan fingerprint density at radius 3 is 3.27 bits per heavy atom. The topological polar surface area (TPSA) is 21.3 Å². The molecular weight excluding hydrogens is 206 g/mol. The lowest BCUT2D eigenvalue weighted by Gasteiger charge is -2.08. The van der Waals surface area contributed by atoms with Gasteiger partial charge in [0.2, 0.25) is 0 Å². The van der Waals surface area contributed by atoms with Crippen LogP contribution < -0.4 is 5.32 Å². The minimum Gasteiger partial charge on any atom is -0.380 e. The molecule has 1 aromatic heterocycles. The number of fused-ring (bicyclic) bond motifs is 1. The van der Waals surface area contributed by atoms with Gasteiger partial charge in [-0.15, -0.1) is 11.3 Å². The van der Waals surface area contributed by atoms with Gasteiger partial charge in [-0.2, -0.15) is 0 Å². The second kappa shape index (κ2) is 4.24. The van der Waals surface area contributed by atoms with Gasteiger partial charge in [0.1, 0.15) is 0 Å². The summed E-state index contributed by atoms with van der Waals surface area (Å²) in [5.74, 6) is 0. The van der Waals surface area contributed by atoms with Crippen LogP contribution in [-0.4, -0.2) is 19.3 Å². The second-order valence-corrected chi connectivity index (χ2v) is 5.68. The Labute approximate surface area is 94.6 Å². The van der Waals surface area contributed by atoms with Crippen molar-refractivity contribution >= 4 is 11.3 Å². The van der Waals surface area contributed by atoms with Gasteiger partial charge in [-0.25, -0.2) is 0 Å². The standard InChI is InChI=1S/C12H17NOS/c1-2-9-6-11(15-12(9)3-1)7-13-10-4-5-14-8-10/h6,10,13H,1-5,7-8H2. The number of thiophene rings is 1. The van der Waals surface area contributed by atoms with E-state index in [1.807, 2.05) is 11.3 Å². The van der Waals surface area contributed by atoms with E-state index in [0.717, 1.165) is 19.8 Å². The number of hydrogen-bond donors (Lipinski definition) is 1. The molecule has 0 aromatic carbocycles. The van der Waals surface area contributed by atoms with Crippen molar-refractivity contribution in [2.45, 2.75) is 38.3 Å². The van der Waals surface area contributed by atoms with E-state index in [4.69, 9.17) is 4.74 Å². The lowest BCUT2D eigenvalue weighted by molar-refractivity contribution is 0.190. The molecule has 0 saturated carbocycles. The van der Waals surface area contributed by atoms with Gasteiger partial charge in [0.15, 0.2) is 0 Å². The van der Waals surface area contributed by atoms with Gasteiger partial charge in [0.05, 0.1) is 6.61 Å². The molecule has 0 amide bonds. The van der Waals surface area contributed by atoms with Crippen LogP contribution in [0.15, 0.2) is 6.07 Å². The van der Waals surface area contributed by atoms with Crippen LogP contribution in [0.1, 0.15) is 28.2 Å². The van der Waals surface area contributed by atoms with Crippen LogP contribution in [0.4, 0.5) is 0 Å². The minimum atomic E-state index is 0.585. The minimum absolute atomic E-state index is 0.585. The molecule has 82 valence electrons. The first-order chi connectivity index (χ1) is 7.42. The molecule has 2 aliphatic rings. The zero-order chi connectivity index (χ0) is 10.1. The van der Waals surface area contributed by atoms with E-state index in [2.05, 4.69) is 11.4 Å². The number of aryl methyl sites for hydroxylation is 2. The summed E-state index contributed by atoms with van der Waals surface area (Å²) in [5, 5.41) is 3.57. The monoisotopic (exact) mass is 223 g/mol. The maximum Gasteiger partial charge on any atom is 0.0620 e. The number of rotatable bonds is 3. The molecule has 1 aliphatic heterocycles. The average molecular weight is 223 g/mol. The van der Waals surface area contributed by atoms with E-state index in [0.29, 0.717) is 6.04 Å². The normalized spacial score (nSPS) is 24.7. The van der Waals surface area contributed by atoms with Crippen molar-refractivity contribution in [3.05, 3.63) is 21.4 Å². The molecule has 15 heavy (non-hydrogen) atoms. The number of ether oxygens (including phenoxy) is 1. The predicted octanol–water partition coefficient (Wildman–Crippen LogP) is 2.12. The molecule has 3 rings (SSSR count). The maximum atomic E-state index is 5.35. The summed E-state index contributed by atoms with van der Waals surface area (Å²) in [4.78, 5) is 3.14. The Kier molecular flexibility index (Phi) is 2.77. The van der Waals surface area contributed by atoms with Crippen molar-refractivity contribution in [2.24, 2.45) is 0 Å². The van der Waals surface area contributed by atoms with Gasteiger partial charge < -0.3 is 10.1 Å². The summed E-state index contributed by atoms with van der Waals surface area (Å²) in [6.07, 6.45) is 5.15. The molecule has 2 heterocycles. The lowest BCUT2D eigenvalue weighted by atomic mass is 10.2. The molecule has 1 fully saturated rings. The second-order valence-electron chi connectivity index (χ2n) is 4.46. The van der Waals surface area contributed by atoms with Crippen LogP contribution in [0.2, 0.25) is 0 Å². The Bertz CT molecular complexity index is 320. The lowest BCUT2D eigenvalue weighted by Crippen LogP contribution is -2.28. The average Bonchev–Trinajstić information content (AvgIpc) is 2.91. The molecular formula is C12H17NOS. The van der Waals surface area contributed by atoms with Crippen molar-refractivity contribution in [2.75, 3.05) is 13.2 Å². The van der Waals surface area contributed by atoms with Crippen LogP contribution in [0.5, 0.6) is 0 Å². The van der Waals surface area contributed by atoms with Crippen LogP contribution in [0.25, 0.3) is 0 Å². The van der Waals surface area contributed by atoms with E-state index >= 15 is 0 Å². The van der Waals surface area contributed by atoms with Crippen molar-refractivity contribution in [1.29, 1.82) is 0 Å². The van der Waals surface area contributed by atoms with Crippen molar-refractivity contribution < 1.29 is 4.74 Å². The predicted molar refractivity (Wildman–Crippen MR) is 62.4 cm³/mol. The van der Waals surface area contributed by atoms with Crippen LogP contribution in [0, 0.1) is 0 Å². The zero-order valence-corrected chi connectivity index (χ0v) is 9.74. The first-order valence-corrected chi connectivity index (χ1v) is 6.65. The van der Waals surface area contributed by atoms with E-state index < -0.39 is 0 Å². The van der Waals surface area contributed by atoms with E-state index in [1.165, 1.54) is 30.6 Å². The van der Waals surface area contributed by atoms with Gasteiger partial charge in [0, 0.05) is 28.9 Å². The highest BCUT2D eigenvalue weighted by atomic mass is 32.1. The molecule has 0 bridgehead atoms. The van der Waals surface area contributed by atoms with E-state index in [1.54, 1.807) is 10.4 Å². The van der Waals surface area contributed by atoms with Gasteiger partial charge in [0.25, 0.3) is 0 Å². The van der Waals surface area contributed by atoms with E-state index in [-0.39, 0.29) is 0 Å². The summed E-state index contributed by atoms with van der Waals surface area (Å²) in [7, 11) is 0. The summed E-state index contributed by atoms with van der Waals surface area (Å²) in [6.45, 7) is 2.86. The smallest absolute Gasteiger partial charge is 0.0620 e. The molecule has 1 aliphatic carbocycles. The van der Waals surface area contributed by atoms with Crippen LogP contribution >= 0.6 is 11.3 Å². The Morgan fingerprint density at radius 2 is 2.47 bits per heavy atom. The highest BCUT2D eigenvalue weighted by Gasteiger charge is 2.17. The first-order valence-electron chi connectivity index (χ1n) is 5.83. The Balaban J connectivity index is 1.57. The van der Waals surface area contributed by atoms with Gasteiger partial charge in [-0.1, -0.05) is 0 Å². The highest BCUT2D eigenvalue weighted by Crippen LogP contribution is 2.30. The summed E-state index contributed by atoms with van der Waals surface area (Å²) >= 11 is 2.00. The zero-order valence-electron chi connectivity index (χ0n) is 8.92. The van der Waals surface area contributed by atoms with Crippen LogP contribution in [-0.2, 0) is 24.1 Å². The SMILES string of the molecule is c1c(CNC2CCOC2)sc2c1CCC2. The fraction of sp³-hybridized carbons (Fsp3) is 0.667.